The summed E-state index contributed by atoms with van der Waals surface area (Å²) < 4.78 is 18.3. The summed E-state index contributed by atoms with van der Waals surface area (Å²) in [6.45, 7) is 14.9. The molecule has 0 bridgehead atoms. The Bertz CT molecular complexity index is 487. The molecular weight excluding hydrogens is 318 g/mol. The molecule has 24 heavy (non-hydrogen) atoms. The third-order valence-electron chi connectivity index (χ3n) is 4.94. The molecule has 0 radical (unpaired) electrons. The van der Waals surface area contributed by atoms with E-state index in [2.05, 4.69) is 51.3 Å². The topological polar surface area (TPSA) is 39.7 Å². The number of nitrogens with one attached hydrogen (secondary N) is 1. The van der Waals surface area contributed by atoms with Crippen molar-refractivity contribution in [1.29, 1.82) is 0 Å². The molecule has 0 aliphatic carbocycles. The standard InChI is InChI=1S/C19H33NO3Si/c1-19(2,3)24(4,5)23-18-12-20-11-17(22-15-18)14-21-13-16-9-7-6-8-10-16/h6-10,17-18,20H,11-15H2,1-5H3/t17-,18+/m0/s1. The maximum Gasteiger partial charge on any atom is 0.192 e. The SMILES string of the molecule is CC(C)(C)[Si](C)(C)O[C@@H]1CNC[C@@H](COCc2ccccc2)OC1. The van der Waals surface area contributed by atoms with Gasteiger partial charge in [0, 0.05) is 13.1 Å². The van der Waals surface area contributed by atoms with Crippen molar-refractivity contribution in [2.75, 3.05) is 26.3 Å². The monoisotopic (exact) mass is 351 g/mol. The fraction of sp³-hybridized carbons (Fsp3) is 0.684. The van der Waals surface area contributed by atoms with E-state index in [0.717, 1.165) is 13.1 Å². The molecule has 1 saturated heterocycles. The van der Waals surface area contributed by atoms with Crippen molar-refractivity contribution in [3.05, 3.63) is 35.9 Å². The van der Waals surface area contributed by atoms with Crippen molar-refractivity contribution in [2.45, 2.75) is 57.7 Å². The molecule has 0 spiro atoms. The van der Waals surface area contributed by atoms with Gasteiger partial charge in [-0.3, -0.25) is 0 Å². The van der Waals surface area contributed by atoms with Crippen molar-refractivity contribution < 1.29 is 13.9 Å². The first-order chi connectivity index (χ1) is 11.3. The second-order valence-corrected chi connectivity index (χ2v) is 12.9. The van der Waals surface area contributed by atoms with Crippen LogP contribution in [0.3, 0.4) is 0 Å². The molecule has 0 unspecified atom stereocenters. The predicted octanol–water partition coefficient (Wildman–Crippen LogP) is 3.58. The maximum absolute atomic E-state index is 6.46. The van der Waals surface area contributed by atoms with Crippen LogP contribution < -0.4 is 5.32 Å². The zero-order chi connectivity index (χ0) is 17.6. The summed E-state index contributed by atoms with van der Waals surface area (Å²) in [7, 11) is -1.76. The quantitative estimate of drug-likeness (QED) is 0.795. The van der Waals surface area contributed by atoms with E-state index in [1.54, 1.807) is 0 Å². The van der Waals surface area contributed by atoms with Crippen molar-refractivity contribution in [1.82, 2.24) is 5.32 Å². The van der Waals surface area contributed by atoms with Crippen LogP contribution in [-0.4, -0.2) is 46.8 Å². The smallest absolute Gasteiger partial charge is 0.192 e. The van der Waals surface area contributed by atoms with E-state index in [0.29, 0.717) is 19.8 Å². The van der Waals surface area contributed by atoms with Crippen LogP contribution in [0.1, 0.15) is 26.3 Å². The fourth-order valence-corrected chi connectivity index (χ4v) is 3.76. The normalized spacial score (nSPS) is 23.0. The van der Waals surface area contributed by atoms with E-state index in [1.807, 2.05) is 18.2 Å². The Morgan fingerprint density at radius 1 is 1.17 bits per heavy atom. The summed E-state index contributed by atoms with van der Waals surface area (Å²) in [5.41, 5.74) is 1.19. The number of hydrogen-bond acceptors (Lipinski definition) is 4. The Hall–Kier alpha value is -0.723. The summed E-state index contributed by atoms with van der Waals surface area (Å²) in [4.78, 5) is 0. The first-order valence-electron chi connectivity index (χ1n) is 8.90. The molecule has 0 amide bonds. The first kappa shape index (κ1) is 19.6. The van der Waals surface area contributed by atoms with Crippen LogP contribution in [0.2, 0.25) is 18.1 Å². The van der Waals surface area contributed by atoms with Crippen molar-refractivity contribution >= 4 is 8.32 Å². The lowest BCUT2D eigenvalue weighted by Crippen LogP contribution is -2.47. The molecule has 2 atom stereocenters. The zero-order valence-corrected chi connectivity index (χ0v) is 16.8. The van der Waals surface area contributed by atoms with Gasteiger partial charge >= 0.3 is 0 Å². The highest BCUT2D eigenvalue weighted by molar-refractivity contribution is 6.74. The summed E-state index contributed by atoms with van der Waals surface area (Å²) in [6, 6.07) is 10.2. The Kier molecular flexibility index (Phi) is 7.01. The Labute approximate surface area is 148 Å². The highest BCUT2D eigenvalue weighted by Gasteiger charge is 2.39. The van der Waals surface area contributed by atoms with Gasteiger partial charge in [0.2, 0.25) is 0 Å². The molecular formula is C19H33NO3Si. The number of hydrogen-bond donors (Lipinski definition) is 1. The van der Waals surface area contributed by atoms with Gasteiger partial charge < -0.3 is 19.2 Å². The Morgan fingerprint density at radius 2 is 1.88 bits per heavy atom. The van der Waals surface area contributed by atoms with Crippen molar-refractivity contribution in [3.63, 3.8) is 0 Å². The van der Waals surface area contributed by atoms with Gasteiger partial charge in [-0.2, -0.15) is 0 Å². The molecule has 5 heteroatoms. The van der Waals surface area contributed by atoms with Crippen molar-refractivity contribution in [2.24, 2.45) is 0 Å². The molecule has 0 aromatic heterocycles. The lowest BCUT2D eigenvalue weighted by atomic mass is 10.2. The fourth-order valence-electron chi connectivity index (χ4n) is 2.43. The second-order valence-electron chi connectivity index (χ2n) is 8.11. The molecule has 1 fully saturated rings. The lowest BCUT2D eigenvalue weighted by Gasteiger charge is -2.39. The van der Waals surface area contributed by atoms with E-state index in [-0.39, 0.29) is 17.2 Å². The molecule has 1 aliphatic rings. The summed E-state index contributed by atoms with van der Waals surface area (Å²) in [5.74, 6) is 0. The van der Waals surface area contributed by atoms with Crippen LogP contribution in [0.5, 0.6) is 0 Å². The van der Waals surface area contributed by atoms with Gasteiger partial charge in [-0.1, -0.05) is 51.1 Å². The molecule has 0 saturated carbocycles. The van der Waals surface area contributed by atoms with E-state index in [1.165, 1.54) is 5.56 Å². The number of ether oxygens (including phenoxy) is 2. The van der Waals surface area contributed by atoms with E-state index < -0.39 is 8.32 Å². The van der Waals surface area contributed by atoms with Gasteiger partial charge in [0.15, 0.2) is 8.32 Å². The lowest BCUT2D eigenvalue weighted by molar-refractivity contribution is -0.0328. The molecule has 1 heterocycles. The van der Waals surface area contributed by atoms with Crippen molar-refractivity contribution in [3.8, 4) is 0 Å². The van der Waals surface area contributed by atoms with Gasteiger partial charge in [0.05, 0.1) is 32.0 Å². The van der Waals surface area contributed by atoms with Crippen LogP contribution in [0, 0.1) is 0 Å². The van der Waals surface area contributed by atoms with Crippen LogP contribution in [-0.2, 0) is 20.5 Å². The zero-order valence-electron chi connectivity index (χ0n) is 15.8. The van der Waals surface area contributed by atoms with Crippen LogP contribution in [0.4, 0.5) is 0 Å². The summed E-state index contributed by atoms with van der Waals surface area (Å²) >= 11 is 0. The van der Waals surface area contributed by atoms with E-state index in [9.17, 15) is 0 Å². The third kappa shape index (κ3) is 5.97. The first-order valence-corrected chi connectivity index (χ1v) is 11.8. The third-order valence-corrected chi connectivity index (χ3v) is 9.48. The van der Waals surface area contributed by atoms with Crippen LogP contribution in [0.15, 0.2) is 30.3 Å². The molecule has 1 N–H and O–H groups in total. The molecule has 1 aromatic carbocycles. The second kappa shape index (κ2) is 8.58. The summed E-state index contributed by atoms with van der Waals surface area (Å²) in [5, 5.41) is 3.68. The summed E-state index contributed by atoms with van der Waals surface area (Å²) in [6.07, 6.45) is 0.215. The minimum Gasteiger partial charge on any atom is -0.410 e. The van der Waals surface area contributed by atoms with E-state index >= 15 is 0 Å². The number of benzene rings is 1. The highest BCUT2D eigenvalue weighted by Crippen LogP contribution is 2.37. The highest BCUT2D eigenvalue weighted by atomic mass is 28.4. The molecule has 4 nitrogen and oxygen atoms in total. The van der Waals surface area contributed by atoms with Gasteiger partial charge in [0.25, 0.3) is 0 Å². The minimum absolute atomic E-state index is 0.0849. The Balaban J connectivity index is 1.74. The van der Waals surface area contributed by atoms with E-state index in [4.69, 9.17) is 13.9 Å². The maximum atomic E-state index is 6.46. The molecule has 1 aliphatic heterocycles. The van der Waals surface area contributed by atoms with Crippen LogP contribution >= 0.6 is 0 Å². The molecule has 136 valence electrons. The largest absolute Gasteiger partial charge is 0.410 e. The van der Waals surface area contributed by atoms with Crippen LogP contribution in [0.25, 0.3) is 0 Å². The Morgan fingerprint density at radius 3 is 2.54 bits per heavy atom. The molecule has 2 rings (SSSR count). The number of rotatable bonds is 6. The van der Waals surface area contributed by atoms with Gasteiger partial charge in [-0.15, -0.1) is 0 Å². The van der Waals surface area contributed by atoms with Gasteiger partial charge in [-0.05, 0) is 23.7 Å². The average molecular weight is 352 g/mol. The predicted molar refractivity (Wildman–Crippen MR) is 101 cm³/mol. The van der Waals surface area contributed by atoms with Gasteiger partial charge in [0.1, 0.15) is 0 Å². The molecule has 1 aromatic rings. The van der Waals surface area contributed by atoms with Gasteiger partial charge in [-0.25, -0.2) is 0 Å². The minimum atomic E-state index is -1.76. The average Bonchev–Trinajstić information content (AvgIpc) is 2.72.